The summed E-state index contributed by atoms with van der Waals surface area (Å²) in [6, 6.07) is 0. The summed E-state index contributed by atoms with van der Waals surface area (Å²) in [5.41, 5.74) is 0. The van der Waals surface area contributed by atoms with Gasteiger partial charge in [-0.05, 0) is 6.42 Å². The maximum Gasteiger partial charge on any atom is 0.311 e. The van der Waals surface area contributed by atoms with E-state index in [-0.39, 0.29) is 5.75 Å². The van der Waals surface area contributed by atoms with Crippen LogP contribution in [0.15, 0.2) is 4.99 Å². The highest BCUT2D eigenvalue weighted by atomic mass is 32.2. The van der Waals surface area contributed by atoms with Gasteiger partial charge in [-0.1, -0.05) is 18.7 Å². The molecular formula is C6H11NO3S2. The first-order valence-corrected chi connectivity index (χ1v) is 6.30. The van der Waals surface area contributed by atoms with Crippen molar-refractivity contribution < 1.29 is 12.6 Å². The van der Waals surface area contributed by atoms with Gasteiger partial charge in [0.25, 0.3) is 5.23 Å². The van der Waals surface area contributed by atoms with Crippen LogP contribution in [0.2, 0.25) is 0 Å². The van der Waals surface area contributed by atoms with Crippen LogP contribution in [-0.4, -0.2) is 31.7 Å². The van der Waals surface area contributed by atoms with Crippen LogP contribution in [0.5, 0.6) is 0 Å². The molecule has 0 aromatic carbocycles. The zero-order valence-corrected chi connectivity index (χ0v) is 8.45. The predicted molar refractivity (Wildman–Crippen MR) is 49.9 cm³/mol. The third kappa shape index (κ3) is 3.02. The summed E-state index contributed by atoms with van der Waals surface area (Å²) in [5, 5.41) is 0.295. The lowest BCUT2D eigenvalue weighted by Gasteiger charge is -2.02. The van der Waals surface area contributed by atoms with Crippen molar-refractivity contribution in [1.82, 2.24) is 0 Å². The maximum absolute atomic E-state index is 11.1. The summed E-state index contributed by atoms with van der Waals surface area (Å²) in [7, 11) is -3.37. The van der Waals surface area contributed by atoms with Crippen LogP contribution in [0, 0.1) is 0 Å². The lowest BCUT2D eigenvalue weighted by molar-refractivity contribution is 0.487. The number of hydrogen-bond donors (Lipinski definition) is 0. The van der Waals surface area contributed by atoms with Gasteiger partial charge in [-0.2, -0.15) is 8.42 Å². The van der Waals surface area contributed by atoms with Gasteiger partial charge in [-0.3, -0.25) is 0 Å². The van der Waals surface area contributed by atoms with Crippen molar-refractivity contribution in [2.24, 2.45) is 4.99 Å². The first kappa shape index (κ1) is 9.85. The highest BCUT2D eigenvalue weighted by Crippen LogP contribution is 2.15. The van der Waals surface area contributed by atoms with Crippen LogP contribution in [0.3, 0.4) is 0 Å². The van der Waals surface area contributed by atoms with Crippen LogP contribution in [-0.2, 0) is 14.3 Å². The molecule has 0 saturated carbocycles. The van der Waals surface area contributed by atoms with Crippen molar-refractivity contribution in [1.29, 1.82) is 0 Å². The van der Waals surface area contributed by atoms with Gasteiger partial charge in [0.15, 0.2) is 0 Å². The number of thioether (sulfide) groups is 1. The van der Waals surface area contributed by atoms with E-state index in [1.807, 2.05) is 0 Å². The Bertz CT molecular complexity index is 271. The molecule has 0 saturated heterocycles. The zero-order chi connectivity index (χ0) is 9.03. The molecule has 0 atom stereocenters. The molecule has 0 bridgehead atoms. The second-order valence-electron chi connectivity index (χ2n) is 2.34. The van der Waals surface area contributed by atoms with E-state index in [0.29, 0.717) is 18.2 Å². The second kappa shape index (κ2) is 4.13. The quantitative estimate of drug-likeness (QED) is 0.646. The number of hydrogen-bond acceptors (Lipinski definition) is 5. The molecule has 0 spiro atoms. The molecule has 0 aromatic heterocycles. The van der Waals surface area contributed by atoms with Crippen molar-refractivity contribution in [3.05, 3.63) is 0 Å². The van der Waals surface area contributed by atoms with E-state index >= 15 is 0 Å². The molecule has 0 unspecified atom stereocenters. The highest BCUT2D eigenvalue weighted by Gasteiger charge is 2.17. The molecule has 0 amide bonds. The van der Waals surface area contributed by atoms with Crippen molar-refractivity contribution in [3.8, 4) is 0 Å². The zero-order valence-electron chi connectivity index (χ0n) is 6.82. The van der Waals surface area contributed by atoms with Gasteiger partial charge in [-0.15, -0.1) is 0 Å². The van der Waals surface area contributed by atoms with Crippen molar-refractivity contribution in [2.45, 2.75) is 13.3 Å². The summed E-state index contributed by atoms with van der Waals surface area (Å²) in [6.45, 7) is 2.45. The van der Waals surface area contributed by atoms with Crippen LogP contribution in [0.25, 0.3) is 0 Å². The summed E-state index contributed by atoms with van der Waals surface area (Å²) >= 11 is 1.34. The van der Waals surface area contributed by atoms with Crippen molar-refractivity contribution in [3.63, 3.8) is 0 Å². The smallest absolute Gasteiger partial charge is 0.311 e. The molecular weight excluding hydrogens is 198 g/mol. The minimum absolute atomic E-state index is 0.0621. The minimum atomic E-state index is -3.37. The third-order valence-corrected chi connectivity index (χ3v) is 3.48. The van der Waals surface area contributed by atoms with Gasteiger partial charge < -0.3 is 4.18 Å². The molecule has 1 aliphatic heterocycles. The SMILES string of the molecule is CCCS(=O)(=O)OC1=NCCS1. The highest BCUT2D eigenvalue weighted by molar-refractivity contribution is 8.14. The normalized spacial score (nSPS) is 17.6. The van der Waals surface area contributed by atoms with Crippen LogP contribution in [0.1, 0.15) is 13.3 Å². The molecule has 0 aromatic rings. The predicted octanol–water partition coefficient (Wildman–Crippen LogP) is 0.846. The molecule has 1 rings (SSSR count). The maximum atomic E-state index is 11.1. The van der Waals surface area contributed by atoms with Gasteiger partial charge in [0.1, 0.15) is 0 Å². The number of aliphatic imine (C=N–C) groups is 1. The Morgan fingerprint density at radius 2 is 2.42 bits per heavy atom. The van der Waals surface area contributed by atoms with E-state index in [1.54, 1.807) is 6.92 Å². The third-order valence-electron chi connectivity index (χ3n) is 1.21. The summed E-state index contributed by atoms with van der Waals surface area (Å²) in [5.74, 6) is 0.879. The fraction of sp³-hybridized carbons (Fsp3) is 0.833. The van der Waals surface area contributed by atoms with Crippen LogP contribution >= 0.6 is 11.8 Å². The van der Waals surface area contributed by atoms with Crippen molar-refractivity contribution in [2.75, 3.05) is 18.1 Å². The summed E-state index contributed by atoms with van der Waals surface area (Å²) in [6.07, 6.45) is 0.570. The number of nitrogens with zero attached hydrogens (tertiary/aromatic N) is 1. The van der Waals surface area contributed by atoms with E-state index in [0.717, 1.165) is 5.75 Å². The van der Waals surface area contributed by atoms with E-state index in [4.69, 9.17) is 4.18 Å². The minimum Gasteiger partial charge on any atom is -0.355 e. The molecule has 4 nitrogen and oxygen atoms in total. The molecule has 12 heavy (non-hydrogen) atoms. The Balaban J connectivity index is 2.49. The standard InChI is InChI=1S/C6H11NO3S2/c1-2-5-12(8,9)10-6-7-3-4-11-6/h2-5H2,1H3. The molecule has 70 valence electrons. The molecule has 1 aliphatic rings. The molecule has 0 radical (unpaired) electrons. The summed E-state index contributed by atoms with van der Waals surface area (Å²) in [4.78, 5) is 3.88. The Hall–Kier alpha value is -0.230. The first-order chi connectivity index (χ1) is 5.64. The topological polar surface area (TPSA) is 55.7 Å². The second-order valence-corrected chi connectivity index (χ2v) is 5.08. The van der Waals surface area contributed by atoms with Gasteiger partial charge in [-0.25, -0.2) is 4.99 Å². The van der Waals surface area contributed by atoms with E-state index < -0.39 is 10.1 Å². The van der Waals surface area contributed by atoms with E-state index in [2.05, 4.69) is 4.99 Å². The molecule has 0 N–H and O–H groups in total. The van der Waals surface area contributed by atoms with Crippen LogP contribution < -0.4 is 0 Å². The van der Waals surface area contributed by atoms with Crippen molar-refractivity contribution >= 4 is 27.1 Å². The Morgan fingerprint density at radius 3 is 2.92 bits per heavy atom. The lowest BCUT2D eigenvalue weighted by Crippen LogP contribution is -2.12. The average molecular weight is 209 g/mol. The van der Waals surface area contributed by atoms with Crippen LogP contribution in [0.4, 0.5) is 0 Å². The first-order valence-electron chi connectivity index (χ1n) is 3.73. The fourth-order valence-electron chi connectivity index (χ4n) is 0.766. The van der Waals surface area contributed by atoms with Gasteiger partial charge in [0, 0.05) is 5.75 Å². The van der Waals surface area contributed by atoms with Gasteiger partial charge in [0.05, 0.1) is 12.3 Å². The molecule has 0 aliphatic carbocycles. The largest absolute Gasteiger partial charge is 0.355 e. The Labute approximate surface area is 76.5 Å². The Morgan fingerprint density at radius 1 is 1.67 bits per heavy atom. The van der Waals surface area contributed by atoms with E-state index in [1.165, 1.54) is 11.8 Å². The number of rotatable bonds is 3. The Kier molecular flexibility index (Phi) is 3.39. The summed E-state index contributed by atoms with van der Waals surface area (Å²) < 4.78 is 26.9. The monoisotopic (exact) mass is 209 g/mol. The van der Waals surface area contributed by atoms with Gasteiger partial charge >= 0.3 is 10.1 Å². The lowest BCUT2D eigenvalue weighted by atomic mass is 10.6. The van der Waals surface area contributed by atoms with Gasteiger partial charge in [0.2, 0.25) is 0 Å². The molecule has 0 fully saturated rings. The van der Waals surface area contributed by atoms with E-state index in [9.17, 15) is 8.42 Å². The molecule has 6 heteroatoms. The average Bonchev–Trinajstić information content (AvgIpc) is 2.38. The molecule has 1 heterocycles. The fourth-order valence-corrected chi connectivity index (χ4v) is 2.66.